The molecule has 0 aliphatic rings. The Bertz CT molecular complexity index is 1160. The molecule has 0 aliphatic heterocycles. The van der Waals surface area contributed by atoms with Crippen molar-refractivity contribution >= 4 is 22.8 Å². The number of benzene rings is 2. The highest BCUT2D eigenvalue weighted by Crippen LogP contribution is 2.32. The SMILES string of the molecule is Cc1ccc(-c2nc3ccccn3c2N=Nc2cccc([N+](=O)[O-])c2)cc1. The lowest BCUT2D eigenvalue weighted by Gasteiger charge is -2.00. The van der Waals surface area contributed by atoms with E-state index in [0.717, 1.165) is 16.8 Å². The molecule has 7 nitrogen and oxygen atoms in total. The van der Waals surface area contributed by atoms with E-state index >= 15 is 0 Å². The predicted molar refractivity (Wildman–Crippen MR) is 103 cm³/mol. The lowest BCUT2D eigenvalue weighted by atomic mass is 10.1. The third-order valence-corrected chi connectivity index (χ3v) is 4.13. The molecule has 0 unspecified atom stereocenters. The molecule has 0 spiro atoms. The quantitative estimate of drug-likeness (QED) is 0.269. The van der Waals surface area contributed by atoms with Gasteiger partial charge in [0.15, 0.2) is 5.82 Å². The van der Waals surface area contributed by atoms with Crippen molar-refractivity contribution in [2.45, 2.75) is 6.92 Å². The number of pyridine rings is 1. The summed E-state index contributed by atoms with van der Waals surface area (Å²) in [5, 5.41) is 19.5. The molecule has 0 radical (unpaired) electrons. The summed E-state index contributed by atoms with van der Waals surface area (Å²) in [7, 11) is 0. The topological polar surface area (TPSA) is 85.2 Å². The molecular weight excluding hydrogens is 342 g/mol. The first-order chi connectivity index (χ1) is 13.1. The molecule has 2 heterocycles. The van der Waals surface area contributed by atoms with Crippen LogP contribution >= 0.6 is 0 Å². The minimum atomic E-state index is -0.453. The fourth-order valence-electron chi connectivity index (χ4n) is 2.76. The minimum Gasteiger partial charge on any atom is -0.283 e. The first kappa shape index (κ1) is 16.6. The van der Waals surface area contributed by atoms with E-state index in [1.54, 1.807) is 12.1 Å². The maximum absolute atomic E-state index is 10.9. The summed E-state index contributed by atoms with van der Waals surface area (Å²) in [6, 6.07) is 19.8. The second-order valence-electron chi connectivity index (χ2n) is 6.06. The van der Waals surface area contributed by atoms with Crippen molar-refractivity contribution in [2.75, 3.05) is 0 Å². The number of non-ortho nitro benzene ring substituents is 1. The zero-order chi connectivity index (χ0) is 18.8. The molecule has 0 N–H and O–H groups in total. The second kappa shape index (κ2) is 6.80. The van der Waals surface area contributed by atoms with Crippen LogP contribution in [0.3, 0.4) is 0 Å². The van der Waals surface area contributed by atoms with E-state index in [1.807, 2.05) is 60.0 Å². The maximum Gasteiger partial charge on any atom is 0.271 e. The van der Waals surface area contributed by atoms with E-state index in [-0.39, 0.29) is 5.69 Å². The van der Waals surface area contributed by atoms with Crippen LogP contribution in [0.15, 0.2) is 83.2 Å². The van der Waals surface area contributed by atoms with Gasteiger partial charge in [0, 0.05) is 23.9 Å². The Balaban J connectivity index is 1.83. The number of imidazole rings is 1. The molecule has 0 bridgehead atoms. The standard InChI is InChI=1S/C20H15N5O2/c1-14-8-10-15(11-9-14)19-20(24-12-3-2-7-18(24)21-19)23-22-16-5-4-6-17(13-16)25(26)27/h2-13H,1H3. The van der Waals surface area contributed by atoms with Crippen LogP contribution in [0.25, 0.3) is 16.9 Å². The molecule has 2 aromatic carbocycles. The summed E-state index contributed by atoms with van der Waals surface area (Å²) < 4.78 is 1.84. The fourth-order valence-corrected chi connectivity index (χ4v) is 2.76. The Morgan fingerprint density at radius 3 is 2.59 bits per heavy atom. The third kappa shape index (κ3) is 3.30. The van der Waals surface area contributed by atoms with E-state index in [9.17, 15) is 10.1 Å². The number of nitrogens with zero attached hydrogens (tertiary/aromatic N) is 5. The zero-order valence-corrected chi connectivity index (χ0v) is 14.5. The summed E-state index contributed by atoms with van der Waals surface area (Å²) in [4.78, 5) is 15.2. The Labute approximate surface area is 154 Å². The Morgan fingerprint density at radius 1 is 1.00 bits per heavy atom. The average Bonchev–Trinajstić information content (AvgIpc) is 3.06. The number of hydrogen-bond donors (Lipinski definition) is 0. The maximum atomic E-state index is 10.9. The highest BCUT2D eigenvalue weighted by Gasteiger charge is 2.14. The lowest BCUT2D eigenvalue weighted by Crippen LogP contribution is -1.86. The fraction of sp³-hybridized carbons (Fsp3) is 0.0500. The monoisotopic (exact) mass is 357 g/mol. The number of aryl methyl sites for hydroxylation is 1. The highest BCUT2D eigenvalue weighted by molar-refractivity contribution is 5.74. The van der Waals surface area contributed by atoms with E-state index in [0.29, 0.717) is 17.2 Å². The van der Waals surface area contributed by atoms with Crippen molar-refractivity contribution in [1.82, 2.24) is 9.38 Å². The Morgan fingerprint density at radius 2 is 1.81 bits per heavy atom. The van der Waals surface area contributed by atoms with Crippen LogP contribution in [0.5, 0.6) is 0 Å². The van der Waals surface area contributed by atoms with Gasteiger partial charge in [-0.05, 0) is 25.1 Å². The number of nitro groups is 1. The van der Waals surface area contributed by atoms with E-state index in [2.05, 4.69) is 15.2 Å². The van der Waals surface area contributed by atoms with Crippen molar-refractivity contribution in [3.8, 4) is 11.3 Å². The predicted octanol–water partition coefficient (Wildman–Crippen LogP) is 5.63. The van der Waals surface area contributed by atoms with Gasteiger partial charge in [-0.1, -0.05) is 42.0 Å². The second-order valence-corrected chi connectivity index (χ2v) is 6.06. The van der Waals surface area contributed by atoms with Gasteiger partial charge in [0.25, 0.3) is 5.69 Å². The molecule has 0 fully saturated rings. The molecule has 27 heavy (non-hydrogen) atoms. The molecule has 4 rings (SSSR count). The summed E-state index contributed by atoms with van der Waals surface area (Å²) >= 11 is 0. The van der Waals surface area contributed by atoms with Crippen LogP contribution in [0.2, 0.25) is 0 Å². The summed E-state index contributed by atoms with van der Waals surface area (Å²) in [5.41, 5.74) is 3.92. The molecule has 2 aromatic heterocycles. The number of rotatable bonds is 4. The zero-order valence-electron chi connectivity index (χ0n) is 14.5. The lowest BCUT2D eigenvalue weighted by molar-refractivity contribution is -0.384. The van der Waals surface area contributed by atoms with Crippen molar-refractivity contribution in [1.29, 1.82) is 0 Å². The van der Waals surface area contributed by atoms with Gasteiger partial charge in [0.1, 0.15) is 11.3 Å². The van der Waals surface area contributed by atoms with Gasteiger partial charge >= 0.3 is 0 Å². The molecule has 0 atom stereocenters. The van der Waals surface area contributed by atoms with E-state index in [1.165, 1.54) is 12.1 Å². The van der Waals surface area contributed by atoms with Crippen molar-refractivity contribution in [3.05, 3.63) is 88.6 Å². The van der Waals surface area contributed by atoms with Crippen LogP contribution in [-0.2, 0) is 0 Å². The van der Waals surface area contributed by atoms with Crippen LogP contribution in [0.1, 0.15) is 5.56 Å². The number of azo groups is 1. The normalized spacial score (nSPS) is 11.3. The highest BCUT2D eigenvalue weighted by atomic mass is 16.6. The molecule has 0 amide bonds. The van der Waals surface area contributed by atoms with Gasteiger partial charge in [0.2, 0.25) is 0 Å². The van der Waals surface area contributed by atoms with Crippen LogP contribution in [-0.4, -0.2) is 14.3 Å². The molecule has 4 aromatic rings. The number of aromatic nitrogens is 2. The van der Waals surface area contributed by atoms with Crippen molar-refractivity contribution in [2.24, 2.45) is 10.2 Å². The molecule has 0 saturated carbocycles. The molecule has 132 valence electrons. The largest absolute Gasteiger partial charge is 0.283 e. The summed E-state index contributed by atoms with van der Waals surface area (Å²) in [6.07, 6.45) is 1.86. The summed E-state index contributed by atoms with van der Waals surface area (Å²) in [6.45, 7) is 2.02. The molecule has 7 heteroatoms. The minimum absolute atomic E-state index is 0.0247. The smallest absolute Gasteiger partial charge is 0.271 e. The van der Waals surface area contributed by atoms with E-state index in [4.69, 9.17) is 0 Å². The van der Waals surface area contributed by atoms with Gasteiger partial charge < -0.3 is 0 Å². The van der Waals surface area contributed by atoms with Gasteiger partial charge in [-0.3, -0.25) is 14.5 Å². The first-order valence-electron chi connectivity index (χ1n) is 8.32. The molecular formula is C20H15N5O2. The summed E-state index contributed by atoms with van der Waals surface area (Å²) in [5.74, 6) is 0.570. The number of hydrogen-bond acceptors (Lipinski definition) is 5. The Hall–Kier alpha value is -3.87. The van der Waals surface area contributed by atoms with Crippen LogP contribution < -0.4 is 0 Å². The Kier molecular flexibility index (Phi) is 4.18. The van der Waals surface area contributed by atoms with Gasteiger partial charge in [-0.2, -0.15) is 0 Å². The van der Waals surface area contributed by atoms with Crippen molar-refractivity contribution in [3.63, 3.8) is 0 Å². The van der Waals surface area contributed by atoms with Gasteiger partial charge in [-0.15, -0.1) is 10.2 Å². The molecule has 0 aliphatic carbocycles. The van der Waals surface area contributed by atoms with Crippen LogP contribution in [0, 0.1) is 17.0 Å². The van der Waals surface area contributed by atoms with Gasteiger partial charge in [-0.25, -0.2) is 4.98 Å². The van der Waals surface area contributed by atoms with Crippen molar-refractivity contribution < 1.29 is 4.92 Å². The number of fused-ring (bicyclic) bond motifs is 1. The van der Waals surface area contributed by atoms with Crippen LogP contribution in [0.4, 0.5) is 17.2 Å². The van der Waals surface area contributed by atoms with E-state index < -0.39 is 4.92 Å². The van der Waals surface area contributed by atoms with Gasteiger partial charge in [0.05, 0.1) is 10.6 Å². The molecule has 0 saturated heterocycles. The average molecular weight is 357 g/mol. The number of nitro benzene ring substituents is 1. The third-order valence-electron chi connectivity index (χ3n) is 4.13. The first-order valence-corrected chi connectivity index (χ1v) is 8.32.